The zero-order valence-electron chi connectivity index (χ0n) is 20.4. The van der Waals surface area contributed by atoms with Crippen LogP contribution in [0.5, 0.6) is 0 Å². The van der Waals surface area contributed by atoms with E-state index in [1.165, 1.54) is 11.3 Å². The lowest BCUT2D eigenvalue weighted by Gasteiger charge is -2.28. The third kappa shape index (κ3) is 6.56. The van der Waals surface area contributed by atoms with Gasteiger partial charge in [0.1, 0.15) is 11.9 Å². The van der Waals surface area contributed by atoms with Crippen LogP contribution in [0, 0.1) is 0 Å². The number of carbonyl (C=O) groups is 2. The van der Waals surface area contributed by atoms with E-state index in [-0.39, 0.29) is 17.9 Å². The van der Waals surface area contributed by atoms with Gasteiger partial charge in [0.15, 0.2) is 5.13 Å². The van der Waals surface area contributed by atoms with E-state index in [1.54, 1.807) is 18.6 Å². The molecule has 10 heteroatoms. The van der Waals surface area contributed by atoms with E-state index in [1.807, 2.05) is 19.1 Å². The zero-order valence-corrected chi connectivity index (χ0v) is 21.2. The summed E-state index contributed by atoms with van der Waals surface area (Å²) in [5.41, 5.74) is 2.15. The highest BCUT2D eigenvalue weighted by atomic mass is 32.1. The lowest BCUT2D eigenvalue weighted by molar-refractivity contribution is 0.0954. The van der Waals surface area contributed by atoms with Gasteiger partial charge < -0.3 is 20.3 Å². The summed E-state index contributed by atoms with van der Waals surface area (Å²) in [4.78, 5) is 34.7. The molecule has 190 valence electrons. The first kappa shape index (κ1) is 25.5. The Bertz CT molecular complexity index is 1020. The number of aromatic nitrogens is 1. The quantitative estimate of drug-likeness (QED) is 0.543. The number of likely N-dealkylation sites (tertiary alicyclic amines) is 1. The van der Waals surface area contributed by atoms with Gasteiger partial charge >= 0.3 is 0 Å². The number of methoxy groups -OCH3 is 1. The molecule has 2 saturated heterocycles. The van der Waals surface area contributed by atoms with Gasteiger partial charge in [0.25, 0.3) is 11.8 Å². The number of rotatable bonds is 9. The number of carbonyl (C=O) groups excluding carboxylic acids is 2. The van der Waals surface area contributed by atoms with Crippen LogP contribution in [0.25, 0.3) is 0 Å². The Balaban J connectivity index is 1.47. The number of halogens is 1. The molecule has 0 bridgehead atoms. The van der Waals surface area contributed by atoms with Crippen LogP contribution in [0.4, 0.5) is 15.2 Å². The predicted molar refractivity (Wildman–Crippen MR) is 136 cm³/mol. The molecule has 4 rings (SSSR count). The zero-order chi connectivity index (χ0) is 24.8. The minimum atomic E-state index is -0.725. The van der Waals surface area contributed by atoms with Gasteiger partial charge in [-0.1, -0.05) is 13.0 Å². The summed E-state index contributed by atoms with van der Waals surface area (Å²) in [6, 6.07) is 5.51. The van der Waals surface area contributed by atoms with Crippen molar-refractivity contribution < 1.29 is 18.7 Å². The molecule has 0 saturated carbocycles. The van der Waals surface area contributed by atoms with E-state index in [4.69, 9.17) is 4.74 Å². The number of ether oxygens (including phenoxy) is 1. The van der Waals surface area contributed by atoms with E-state index in [0.29, 0.717) is 56.0 Å². The highest BCUT2D eigenvalue weighted by Crippen LogP contribution is 2.27. The Kier molecular flexibility index (Phi) is 8.69. The number of amides is 2. The van der Waals surface area contributed by atoms with Crippen molar-refractivity contribution in [2.75, 3.05) is 50.1 Å². The van der Waals surface area contributed by atoms with Gasteiger partial charge in [-0.3, -0.25) is 14.5 Å². The van der Waals surface area contributed by atoms with E-state index in [0.717, 1.165) is 36.6 Å². The average Bonchev–Trinajstić information content (AvgIpc) is 3.54. The van der Waals surface area contributed by atoms with Crippen molar-refractivity contribution in [2.45, 2.75) is 51.4 Å². The summed E-state index contributed by atoms with van der Waals surface area (Å²) in [5, 5.41) is 8.32. The highest BCUT2D eigenvalue weighted by Gasteiger charge is 2.26. The van der Waals surface area contributed by atoms with Crippen LogP contribution in [-0.2, 0) is 11.3 Å². The predicted octanol–water partition coefficient (Wildman–Crippen LogP) is 3.69. The third-order valence-corrected chi connectivity index (χ3v) is 7.41. The van der Waals surface area contributed by atoms with Crippen molar-refractivity contribution in [1.82, 2.24) is 15.2 Å². The molecule has 2 N–H and O–H groups in total. The van der Waals surface area contributed by atoms with Gasteiger partial charge in [0, 0.05) is 51.8 Å². The molecule has 8 nitrogen and oxygen atoms in total. The van der Waals surface area contributed by atoms with Crippen LogP contribution in [0.15, 0.2) is 23.6 Å². The lowest BCUT2D eigenvalue weighted by atomic mass is 10.0. The third-order valence-electron chi connectivity index (χ3n) is 6.51. The minimum Gasteiger partial charge on any atom is -0.380 e. The summed E-state index contributed by atoms with van der Waals surface area (Å²) in [5.74, 6) is -0.578. The topological polar surface area (TPSA) is 86.8 Å². The molecule has 2 aliphatic rings. The fourth-order valence-corrected chi connectivity index (χ4v) is 5.28. The van der Waals surface area contributed by atoms with Crippen molar-refractivity contribution in [3.63, 3.8) is 0 Å². The van der Waals surface area contributed by atoms with Crippen LogP contribution in [0.2, 0.25) is 0 Å². The van der Waals surface area contributed by atoms with E-state index in [9.17, 15) is 14.0 Å². The molecule has 0 radical (unpaired) electrons. The normalized spacial score (nSPS) is 19.2. The molecule has 2 aromatic rings. The van der Waals surface area contributed by atoms with Crippen LogP contribution in [0.3, 0.4) is 0 Å². The fourth-order valence-electron chi connectivity index (χ4n) is 4.43. The molecule has 3 heterocycles. The molecule has 1 atom stereocenters. The van der Waals surface area contributed by atoms with Gasteiger partial charge in [0.2, 0.25) is 0 Å². The lowest BCUT2D eigenvalue weighted by Crippen LogP contribution is -2.34. The van der Waals surface area contributed by atoms with Gasteiger partial charge in [0.05, 0.1) is 17.4 Å². The van der Waals surface area contributed by atoms with Crippen molar-refractivity contribution in [1.29, 1.82) is 0 Å². The summed E-state index contributed by atoms with van der Waals surface area (Å²) < 4.78 is 18.9. The summed E-state index contributed by atoms with van der Waals surface area (Å²) in [6.45, 7) is 6.19. The van der Waals surface area contributed by atoms with Crippen LogP contribution >= 0.6 is 11.3 Å². The van der Waals surface area contributed by atoms with Crippen molar-refractivity contribution in [2.24, 2.45) is 0 Å². The summed E-state index contributed by atoms with van der Waals surface area (Å²) >= 11 is 1.43. The number of alkyl halides is 1. The van der Waals surface area contributed by atoms with Crippen molar-refractivity contribution in [3.05, 3.63) is 40.4 Å². The molecule has 2 fully saturated rings. The molecule has 2 amide bonds. The number of thiazole rings is 1. The fraction of sp³-hybridized carbons (Fsp3) is 0.560. The molecule has 2 aliphatic heterocycles. The second kappa shape index (κ2) is 11.9. The maximum Gasteiger partial charge on any atom is 0.275 e. The Morgan fingerprint density at radius 2 is 2.00 bits per heavy atom. The second-order valence-electron chi connectivity index (χ2n) is 9.15. The first-order valence-corrected chi connectivity index (χ1v) is 13.2. The first-order valence-electron chi connectivity index (χ1n) is 12.3. The number of nitrogens with zero attached hydrogens (tertiary/aromatic N) is 3. The molecule has 0 aliphatic carbocycles. The number of hydrogen-bond donors (Lipinski definition) is 2. The number of piperidine rings is 1. The number of anilines is 2. The second-order valence-corrected chi connectivity index (χ2v) is 9.99. The Labute approximate surface area is 209 Å². The van der Waals surface area contributed by atoms with Crippen molar-refractivity contribution >= 4 is 34.0 Å². The van der Waals surface area contributed by atoms with E-state index in [2.05, 4.69) is 25.4 Å². The van der Waals surface area contributed by atoms with Gasteiger partial charge in [-0.25, -0.2) is 9.37 Å². The van der Waals surface area contributed by atoms with Crippen LogP contribution < -0.4 is 15.5 Å². The average molecular weight is 504 g/mol. The Morgan fingerprint density at radius 1 is 1.20 bits per heavy atom. The maximum atomic E-state index is 13.5. The molecular formula is C25H34FN5O3S. The number of benzene rings is 1. The van der Waals surface area contributed by atoms with E-state index < -0.39 is 6.17 Å². The first-order chi connectivity index (χ1) is 17.0. The largest absolute Gasteiger partial charge is 0.380 e. The Morgan fingerprint density at radius 3 is 2.71 bits per heavy atom. The molecule has 1 aromatic carbocycles. The van der Waals surface area contributed by atoms with Crippen molar-refractivity contribution in [3.8, 4) is 0 Å². The SMILES string of the molecule is CCCNC(=O)c1cc(CN2CCC(F)CC2)ccc1NC(=O)c1csc(N2CC[C@H](OC)C2)n1. The van der Waals surface area contributed by atoms with Gasteiger partial charge in [-0.05, 0) is 43.4 Å². The minimum absolute atomic E-state index is 0.183. The highest BCUT2D eigenvalue weighted by molar-refractivity contribution is 7.14. The molecule has 0 unspecified atom stereocenters. The smallest absolute Gasteiger partial charge is 0.275 e. The number of nitrogens with one attached hydrogen (secondary N) is 2. The van der Waals surface area contributed by atoms with Crippen LogP contribution in [-0.4, -0.2) is 73.8 Å². The molecule has 0 spiro atoms. The molecule has 35 heavy (non-hydrogen) atoms. The standard InChI is InChI=1S/C25H34FN5O3S/c1-3-9-27-23(32)20-13-17(14-30-10-6-18(26)7-11-30)4-5-21(20)28-24(33)22-16-35-25(29-22)31-12-8-19(15-31)34-2/h4-5,13,16,18-19H,3,6-12,14-15H2,1-2H3,(H,27,32)(H,28,33)/t19-/m0/s1. The summed E-state index contributed by atoms with van der Waals surface area (Å²) in [6.07, 6.45) is 2.28. The Hall–Kier alpha value is -2.56. The van der Waals surface area contributed by atoms with Crippen LogP contribution in [0.1, 0.15) is 59.0 Å². The maximum absolute atomic E-state index is 13.5. The molecule has 1 aromatic heterocycles. The van der Waals surface area contributed by atoms with E-state index >= 15 is 0 Å². The van der Waals surface area contributed by atoms with Gasteiger partial charge in [-0.15, -0.1) is 11.3 Å². The monoisotopic (exact) mass is 503 g/mol. The van der Waals surface area contributed by atoms with Gasteiger partial charge in [-0.2, -0.15) is 0 Å². The summed E-state index contributed by atoms with van der Waals surface area (Å²) in [7, 11) is 1.71. The number of hydrogen-bond acceptors (Lipinski definition) is 7. The molecular weight excluding hydrogens is 469 g/mol.